The molecule has 3 aromatic rings. The number of H-pyrrole nitrogens is 2. The van der Waals surface area contributed by atoms with Gasteiger partial charge in [-0.2, -0.15) is 0 Å². The molecule has 0 bridgehead atoms. The van der Waals surface area contributed by atoms with Crippen LogP contribution in [-0.4, -0.2) is 19.9 Å². The van der Waals surface area contributed by atoms with Crippen LogP contribution in [0.2, 0.25) is 0 Å². The molecule has 3 aromatic heterocycles. The van der Waals surface area contributed by atoms with E-state index in [2.05, 4.69) is 26.5 Å². The van der Waals surface area contributed by atoms with Crippen LogP contribution in [0.15, 0.2) is 45.3 Å². The van der Waals surface area contributed by atoms with E-state index in [-0.39, 0.29) is 16.1 Å². The van der Waals surface area contributed by atoms with Gasteiger partial charge in [-0.05, 0) is 29.8 Å². The largest absolute Gasteiger partial charge is 0.447 e. The van der Waals surface area contributed by atoms with Crippen molar-refractivity contribution in [2.45, 2.75) is 26.2 Å². The maximum absolute atomic E-state index is 12.4. The lowest BCUT2D eigenvalue weighted by Gasteiger charge is -2.14. The Morgan fingerprint density at radius 2 is 1.74 bits per heavy atom. The lowest BCUT2D eigenvalue weighted by Crippen LogP contribution is -2.46. The lowest BCUT2D eigenvalue weighted by molar-refractivity contribution is 0.407. The highest BCUT2D eigenvalue weighted by Gasteiger charge is 2.21. The molecular formula is C20H20N4O3. The molecule has 0 atom stereocenters. The first-order valence-electron chi connectivity index (χ1n) is 8.36. The summed E-state index contributed by atoms with van der Waals surface area (Å²) >= 11 is 0. The second kappa shape index (κ2) is 7.03. The van der Waals surface area contributed by atoms with Crippen molar-refractivity contribution in [2.75, 3.05) is 0 Å². The molecular weight excluding hydrogens is 344 g/mol. The topological polar surface area (TPSA) is 105 Å². The Balaban J connectivity index is 2.13. The summed E-state index contributed by atoms with van der Waals surface area (Å²) in [5.74, 6) is 0.629. The summed E-state index contributed by atoms with van der Waals surface area (Å²) in [6, 6.07) is 3.55. The van der Waals surface area contributed by atoms with Gasteiger partial charge in [-0.1, -0.05) is 33.4 Å². The van der Waals surface area contributed by atoms with Crippen LogP contribution >= 0.6 is 0 Å². The predicted molar refractivity (Wildman–Crippen MR) is 104 cm³/mol. The van der Waals surface area contributed by atoms with E-state index in [1.807, 2.05) is 20.8 Å². The minimum Gasteiger partial charge on any atom is -0.447 e. The highest BCUT2D eigenvalue weighted by atomic mass is 16.3. The van der Waals surface area contributed by atoms with E-state index in [1.54, 1.807) is 24.4 Å². The van der Waals surface area contributed by atoms with Gasteiger partial charge in [0.2, 0.25) is 0 Å². The van der Waals surface area contributed by atoms with E-state index < -0.39 is 11.1 Å². The van der Waals surface area contributed by atoms with Crippen molar-refractivity contribution in [1.29, 1.82) is 0 Å². The predicted octanol–water partition coefficient (Wildman–Crippen LogP) is 1.04. The molecule has 3 rings (SSSR count). The number of hydrogen-bond acceptors (Lipinski definition) is 5. The quantitative estimate of drug-likeness (QED) is 0.723. The number of pyridine rings is 1. The van der Waals surface area contributed by atoms with Crippen LogP contribution in [-0.2, 0) is 5.41 Å². The van der Waals surface area contributed by atoms with E-state index in [0.717, 1.165) is 5.56 Å². The molecule has 0 aromatic carbocycles. The molecule has 0 amide bonds. The van der Waals surface area contributed by atoms with Crippen LogP contribution in [0.5, 0.6) is 0 Å². The molecule has 0 fully saturated rings. The van der Waals surface area contributed by atoms with Crippen molar-refractivity contribution in [2.24, 2.45) is 0 Å². The van der Waals surface area contributed by atoms with Crippen molar-refractivity contribution in [3.63, 3.8) is 0 Å². The molecule has 7 nitrogen and oxygen atoms in total. The Labute approximate surface area is 154 Å². The molecule has 2 N–H and O–H groups in total. The van der Waals surface area contributed by atoms with E-state index in [1.165, 1.54) is 18.5 Å². The van der Waals surface area contributed by atoms with Crippen molar-refractivity contribution in [3.8, 4) is 0 Å². The maximum Gasteiger partial charge on any atom is 0.272 e. The smallest absolute Gasteiger partial charge is 0.272 e. The van der Waals surface area contributed by atoms with Crippen LogP contribution in [0.1, 0.15) is 43.5 Å². The minimum absolute atomic E-state index is 0.101. The maximum atomic E-state index is 12.4. The van der Waals surface area contributed by atoms with E-state index in [4.69, 9.17) is 4.42 Å². The fourth-order valence-electron chi connectivity index (χ4n) is 2.57. The van der Waals surface area contributed by atoms with Gasteiger partial charge in [0.1, 0.15) is 22.2 Å². The first-order valence-corrected chi connectivity index (χ1v) is 8.36. The molecule has 27 heavy (non-hydrogen) atoms. The van der Waals surface area contributed by atoms with Crippen LogP contribution in [0.3, 0.4) is 0 Å². The number of aromatic amines is 2. The number of aromatic nitrogens is 4. The Hall–Kier alpha value is -3.48. The van der Waals surface area contributed by atoms with Gasteiger partial charge in [-0.15, -0.1) is 0 Å². The average Bonchev–Trinajstić information content (AvgIpc) is 3.08. The third kappa shape index (κ3) is 4.03. The highest BCUT2D eigenvalue weighted by Crippen LogP contribution is 2.25. The van der Waals surface area contributed by atoms with Gasteiger partial charge >= 0.3 is 0 Å². The van der Waals surface area contributed by atoms with Gasteiger partial charge in [0.15, 0.2) is 6.39 Å². The van der Waals surface area contributed by atoms with Crippen LogP contribution in [0.4, 0.5) is 0 Å². The van der Waals surface area contributed by atoms with Gasteiger partial charge in [0, 0.05) is 11.6 Å². The molecule has 0 saturated heterocycles. The molecule has 0 aliphatic rings. The van der Waals surface area contributed by atoms with Crippen molar-refractivity contribution in [3.05, 3.63) is 85.4 Å². The summed E-state index contributed by atoms with van der Waals surface area (Å²) in [7, 11) is 0. The standard InChI is InChI=1S/C20H20N4O3/c1-5-12-6-7-21-13(8-12)9-15-18(25)24-16(19(26)23-15)10-14-17(20(2,3)4)27-11-22-14/h5-11H,1H2,2-4H3,(H,23,26)(H,24,25). The number of rotatable bonds is 3. The average molecular weight is 364 g/mol. The Morgan fingerprint density at radius 1 is 1.07 bits per heavy atom. The first-order chi connectivity index (χ1) is 12.8. The number of oxazole rings is 1. The SMILES string of the molecule is C=Cc1ccnc(C=c2[nH]c(=O)c(=Cc3ncoc3C(C)(C)C)[nH]c2=O)c1. The van der Waals surface area contributed by atoms with Crippen LogP contribution < -0.4 is 21.8 Å². The molecule has 0 unspecified atom stereocenters. The lowest BCUT2D eigenvalue weighted by atomic mass is 9.92. The van der Waals surface area contributed by atoms with Gasteiger partial charge in [-0.3, -0.25) is 14.6 Å². The minimum atomic E-state index is -0.441. The summed E-state index contributed by atoms with van der Waals surface area (Å²) < 4.78 is 5.43. The van der Waals surface area contributed by atoms with Crippen molar-refractivity contribution < 1.29 is 4.42 Å². The molecule has 0 spiro atoms. The molecule has 7 heteroatoms. The summed E-state index contributed by atoms with van der Waals surface area (Å²) in [6.45, 7) is 9.61. The third-order valence-electron chi connectivity index (χ3n) is 3.88. The second-order valence-corrected chi connectivity index (χ2v) is 7.06. The van der Waals surface area contributed by atoms with E-state index in [0.29, 0.717) is 17.1 Å². The summed E-state index contributed by atoms with van der Waals surface area (Å²) in [5.41, 5.74) is 0.736. The van der Waals surface area contributed by atoms with Gasteiger partial charge in [0.25, 0.3) is 11.1 Å². The fraction of sp³-hybridized carbons (Fsp3) is 0.200. The number of nitrogens with one attached hydrogen (secondary N) is 2. The van der Waals surface area contributed by atoms with Gasteiger partial charge < -0.3 is 14.4 Å². The molecule has 0 aliphatic carbocycles. The van der Waals surface area contributed by atoms with Crippen molar-refractivity contribution in [1.82, 2.24) is 19.9 Å². The number of hydrogen-bond donors (Lipinski definition) is 2. The van der Waals surface area contributed by atoms with Crippen LogP contribution in [0.25, 0.3) is 18.2 Å². The zero-order chi connectivity index (χ0) is 19.6. The monoisotopic (exact) mass is 364 g/mol. The fourth-order valence-corrected chi connectivity index (χ4v) is 2.57. The van der Waals surface area contributed by atoms with Gasteiger partial charge in [0.05, 0.1) is 5.69 Å². The summed E-state index contributed by atoms with van der Waals surface area (Å²) in [4.78, 5) is 38.3. The van der Waals surface area contributed by atoms with Crippen LogP contribution in [0, 0.1) is 0 Å². The van der Waals surface area contributed by atoms with Gasteiger partial charge in [-0.25, -0.2) is 4.98 Å². The second-order valence-electron chi connectivity index (χ2n) is 7.06. The molecule has 0 aliphatic heterocycles. The summed E-state index contributed by atoms with van der Waals surface area (Å²) in [5, 5.41) is 0.214. The zero-order valence-electron chi connectivity index (χ0n) is 15.4. The Morgan fingerprint density at radius 3 is 2.37 bits per heavy atom. The molecule has 0 radical (unpaired) electrons. The van der Waals surface area contributed by atoms with Crippen molar-refractivity contribution >= 4 is 18.2 Å². The Kier molecular flexibility index (Phi) is 4.77. The van der Waals surface area contributed by atoms with E-state index >= 15 is 0 Å². The molecule has 3 heterocycles. The Bertz CT molecular complexity index is 1220. The third-order valence-corrected chi connectivity index (χ3v) is 3.88. The molecule has 0 saturated carbocycles. The highest BCUT2D eigenvalue weighted by molar-refractivity contribution is 5.53. The molecule has 138 valence electrons. The zero-order valence-corrected chi connectivity index (χ0v) is 15.4. The first kappa shape index (κ1) is 18.3. The number of nitrogens with zero attached hydrogens (tertiary/aromatic N) is 2. The summed E-state index contributed by atoms with van der Waals surface area (Å²) in [6.07, 6.45) is 7.61. The normalized spacial score (nSPS) is 13.1. The van der Waals surface area contributed by atoms with E-state index in [9.17, 15) is 9.59 Å².